The topological polar surface area (TPSA) is 66.0 Å². The van der Waals surface area contributed by atoms with E-state index in [0.29, 0.717) is 28.2 Å². The summed E-state index contributed by atoms with van der Waals surface area (Å²) < 4.78 is 2.09. The highest BCUT2D eigenvalue weighted by molar-refractivity contribution is 9.10. The summed E-state index contributed by atoms with van der Waals surface area (Å²) in [6.45, 7) is 0.682. The minimum atomic E-state index is 0.438. The van der Waals surface area contributed by atoms with E-state index in [1.807, 2.05) is 36.4 Å². The Bertz CT molecular complexity index is 788. The average molecular weight is 328 g/mol. The number of nitrogens with one attached hydrogen (secondary N) is 1. The van der Waals surface area contributed by atoms with Gasteiger partial charge in [-0.2, -0.15) is 10.4 Å². The summed E-state index contributed by atoms with van der Waals surface area (Å²) in [5, 5.41) is 16.5. The Hall–Kier alpha value is -2.39. The van der Waals surface area contributed by atoms with Crippen LogP contribution in [0, 0.1) is 11.3 Å². The third-order valence-electron chi connectivity index (χ3n) is 2.87. The summed E-state index contributed by atoms with van der Waals surface area (Å²) in [7, 11) is 0. The highest BCUT2D eigenvalue weighted by Gasteiger charge is 2.11. The normalized spacial score (nSPS) is 10.4. The van der Waals surface area contributed by atoms with Crippen molar-refractivity contribution in [2.45, 2.75) is 6.54 Å². The first-order chi connectivity index (χ1) is 9.78. The van der Waals surface area contributed by atoms with Crippen molar-refractivity contribution in [1.82, 2.24) is 14.6 Å². The number of hydrogen-bond acceptors (Lipinski definition) is 4. The van der Waals surface area contributed by atoms with E-state index in [1.54, 1.807) is 10.7 Å². The molecule has 98 valence electrons. The molecule has 2 heterocycles. The highest BCUT2D eigenvalue weighted by atomic mass is 79.9. The first-order valence-corrected chi connectivity index (χ1v) is 6.80. The molecule has 0 bridgehead atoms. The van der Waals surface area contributed by atoms with Crippen molar-refractivity contribution in [3.8, 4) is 6.07 Å². The Labute approximate surface area is 124 Å². The molecule has 3 rings (SSSR count). The summed E-state index contributed by atoms with van der Waals surface area (Å²) in [5.41, 5.74) is 2.15. The van der Waals surface area contributed by atoms with Crippen LogP contribution in [0.5, 0.6) is 0 Å². The molecular formula is C14H10BrN5. The quantitative estimate of drug-likeness (QED) is 0.803. The molecule has 0 radical (unpaired) electrons. The zero-order valence-corrected chi connectivity index (χ0v) is 12.0. The number of nitriles is 1. The van der Waals surface area contributed by atoms with Crippen LogP contribution in [0.15, 0.2) is 47.2 Å². The Balaban J connectivity index is 1.88. The fraction of sp³-hybridized carbons (Fsp3) is 0.0714. The number of fused-ring (bicyclic) bond motifs is 1. The van der Waals surface area contributed by atoms with Gasteiger partial charge in [-0.1, -0.05) is 30.3 Å². The van der Waals surface area contributed by atoms with Crippen molar-refractivity contribution >= 4 is 27.4 Å². The van der Waals surface area contributed by atoms with Crippen LogP contribution < -0.4 is 5.32 Å². The maximum absolute atomic E-state index is 9.11. The molecule has 1 N–H and O–H groups in total. The van der Waals surface area contributed by atoms with Gasteiger partial charge in [0.25, 0.3) is 0 Å². The third kappa shape index (κ3) is 2.36. The Morgan fingerprint density at radius 3 is 2.80 bits per heavy atom. The fourth-order valence-corrected chi connectivity index (χ4v) is 2.32. The number of halogens is 1. The number of benzene rings is 1. The second-order valence-electron chi connectivity index (χ2n) is 4.20. The van der Waals surface area contributed by atoms with E-state index in [-0.39, 0.29) is 0 Å². The van der Waals surface area contributed by atoms with E-state index in [1.165, 1.54) is 5.56 Å². The largest absolute Gasteiger partial charge is 0.366 e. The van der Waals surface area contributed by atoms with Crippen LogP contribution in [0.2, 0.25) is 0 Å². The maximum atomic E-state index is 9.11. The number of aromatic nitrogens is 3. The summed E-state index contributed by atoms with van der Waals surface area (Å²) in [6, 6.07) is 14.0. The van der Waals surface area contributed by atoms with Gasteiger partial charge in [-0.25, -0.2) is 9.50 Å². The molecule has 0 amide bonds. The Morgan fingerprint density at radius 2 is 2.05 bits per heavy atom. The lowest BCUT2D eigenvalue weighted by molar-refractivity contribution is 0.925. The molecule has 0 saturated carbocycles. The van der Waals surface area contributed by atoms with Crippen LogP contribution in [-0.4, -0.2) is 14.6 Å². The van der Waals surface area contributed by atoms with Gasteiger partial charge in [0.1, 0.15) is 22.1 Å². The lowest BCUT2D eigenvalue weighted by atomic mass is 10.2. The molecule has 5 nitrogen and oxygen atoms in total. The number of rotatable bonds is 3. The average Bonchev–Trinajstić information content (AvgIpc) is 2.80. The molecule has 0 fully saturated rings. The van der Waals surface area contributed by atoms with Gasteiger partial charge in [0.15, 0.2) is 5.65 Å². The highest BCUT2D eigenvalue weighted by Crippen LogP contribution is 2.19. The fourth-order valence-electron chi connectivity index (χ4n) is 1.89. The first kappa shape index (κ1) is 12.6. The van der Waals surface area contributed by atoms with E-state index in [4.69, 9.17) is 5.26 Å². The second kappa shape index (κ2) is 5.31. The van der Waals surface area contributed by atoms with E-state index < -0.39 is 0 Å². The van der Waals surface area contributed by atoms with Crippen molar-refractivity contribution in [2.75, 3.05) is 5.32 Å². The minimum absolute atomic E-state index is 0.438. The van der Waals surface area contributed by atoms with Gasteiger partial charge in [0, 0.05) is 12.7 Å². The summed E-state index contributed by atoms with van der Waals surface area (Å²) in [4.78, 5) is 4.42. The zero-order valence-electron chi connectivity index (χ0n) is 10.4. The molecule has 1 aromatic carbocycles. The van der Waals surface area contributed by atoms with Gasteiger partial charge < -0.3 is 5.32 Å². The number of hydrogen-bond donors (Lipinski definition) is 1. The Morgan fingerprint density at radius 1 is 1.25 bits per heavy atom. The molecule has 0 unspecified atom stereocenters. The van der Waals surface area contributed by atoms with Crippen molar-refractivity contribution < 1.29 is 0 Å². The predicted octanol–water partition coefficient (Wildman–Crippen LogP) is 2.98. The molecule has 3 aromatic rings. The van der Waals surface area contributed by atoms with Crippen molar-refractivity contribution in [3.63, 3.8) is 0 Å². The summed E-state index contributed by atoms with van der Waals surface area (Å²) in [5.74, 6) is 0.713. The van der Waals surface area contributed by atoms with Crippen LogP contribution in [0.4, 0.5) is 5.82 Å². The molecule has 0 atom stereocenters. The van der Waals surface area contributed by atoms with Crippen molar-refractivity contribution in [1.29, 1.82) is 5.26 Å². The molecule has 0 aliphatic carbocycles. The van der Waals surface area contributed by atoms with Crippen LogP contribution in [0.3, 0.4) is 0 Å². The molecule has 0 saturated heterocycles. The maximum Gasteiger partial charge on any atom is 0.176 e. The lowest BCUT2D eigenvalue weighted by Crippen LogP contribution is -2.02. The van der Waals surface area contributed by atoms with Gasteiger partial charge >= 0.3 is 0 Å². The van der Waals surface area contributed by atoms with Crippen LogP contribution in [0.1, 0.15) is 11.1 Å². The smallest absolute Gasteiger partial charge is 0.176 e. The number of anilines is 1. The van der Waals surface area contributed by atoms with Crippen LogP contribution >= 0.6 is 15.9 Å². The predicted molar refractivity (Wildman–Crippen MR) is 79.2 cm³/mol. The molecule has 2 aromatic heterocycles. The van der Waals surface area contributed by atoms with Gasteiger partial charge in [-0.15, -0.1) is 0 Å². The summed E-state index contributed by atoms with van der Waals surface area (Å²) >= 11 is 3.26. The Kier molecular flexibility index (Phi) is 3.35. The molecule has 0 aliphatic rings. The van der Waals surface area contributed by atoms with Crippen LogP contribution in [0.25, 0.3) is 5.65 Å². The van der Waals surface area contributed by atoms with Gasteiger partial charge in [0.2, 0.25) is 0 Å². The van der Waals surface area contributed by atoms with E-state index >= 15 is 0 Å². The molecule has 20 heavy (non-hydrogen) atoms. The lowest BCUT2D eigenvalue weighted by Gasteiger charge is -2.05. The monoisotopic (exact) mass is 327 g/mol. The van der Waals surface area contributed by atoms with Gasteiger partial charge in [0.05, 0.1) is 0 Å². The van der Waals surface area contributed by atoms with Crippen LogP contribution in [-0.2, 0) is 6.54 Å². The van der Waals surface area contributed by atoms with Crippen molar-refractivity contribution in [3.05, 3.63) is 58.3 Å². The zero-order chi connectivity index (χ0) is 13.9. The SMILES string of the molecule is N#Cc1c(Br)nn2ccc(NCc3ccccc3)nc12. The molecule has 0 spiro atoms. The molecule has 6 heteroatoms. The minimum Gasteiger partial charge on any atom is -0.366 e. The molecular weight excluding hydrogens is 318 g/mol. The van der Waals surface area contributed by atoms with E-state index in [2.05, 4.69) is 37.4 Å². The molecule has 0 aliphatic heterocycles. The second-order valence-corrected chi connectivity index (χ2v) is 4.95. The number of nitrogens with zero attached hydrogens (tertiary/aromatic N) is 4. The van der Waals surface area contributed by atoms with Gasteiger partial charge in [-0.3, -0.25) is 0 Å². The van der Waals surface area contributed by atoms with E-state index in [0.717, 1.165) is 0 Å². The van der Waals surface area contributed by atoms with Crippen molar-refractivity contribution in [2.24, 2.45) is 0 Å². The third-order valence-corrected chi connectivity index (χ3v) is 3.43. The summed E-state index contributed by atoms with van der Waals surface area (Å²) in [6.07, 6.45) is 1.78. The first-order valence-electron chi connectivity index (χ1n) is 6.01. The van der Waals surface area contributed by atoms with E-state index in [9.17, 15) is 0 Å². The van der Waals surface area contributed by atoms with Gasteiger partial charge in [-0.05, 0) is 27.6 Å². The standard InChI is InChI=1S/C14H10BrN5/c15-13-11(8-16)14-18-12(6-7-20(14)19-13)17-9-10-4-2-1-3-5-10/h1-7H,9H2,(H,17,18).